The van der Waals surface area contributed by atoms with Gasteiger partial charge in [0.2, 0.25) is 24.0 Å². The highest BCUT2D eigenvalue weighted by atomic mass is 31.3. The van der Waals surface area contributed by atoms with E-state index in [9.17, 15) is 38.6 Å². The van der Waals surface area contributed by atoms with Gasteiger partial charge < -0.3 is 40.3 Å². The number of hydrogen-bond acceptors (Lipinski definition) is 13. The van der Waals surface area contributed by atoms with Crippen molar-refractivity contribution < 1.29 is 66.3 Å². The largest absolute Gasteiger partial charge is 0.490 e. The molecule has 3 rings (SSSR count). The van der Waals surface area contributed by atoms with E-state index < -0.39 is 54.1 Å². The summed E-state index contributed by atoms with van der Waals surface area (Å²) in [5, 5.41) is 24.2. The maximum atomic E-state index is 11.9. The summed E-state index contributed by atoms with van der Waals surface area (Å²) in [5.74, 6) is -0.0792. The molecule has 22 heteroatoms. The van der Waals surface area contributed by atoms with Crippen molar-refractivity contribution in [3.63, 3.8) is 0 Å². The van der Waals surface area contributed by atoms with Crippen LogP contribution < -0.4 is 10.7 Å². The first-order valence-electron chi connectivity index (χ1n) is 8.82. The fourth-order valence-corrected chi connectivity index (χ4v) is 6.27. The number of nitrogen functional groups attached to an aromatic ring is 1. The first-order chi connectivity index (χ1) is 15.5. The molecule has 0 aliphatic carbocycles. The summed E-state index contributed by atoms with van der Waals surface area (Å²) in [6, 6.07) is 0. The highest BCUT2D eigenvalue weighted by Crippen LogP contribution is 2.66. The molecule has 9 N–H and O–H groups in total. The summed E-state index contributed by atoms with van der Waals surface area (Å²) in [6.07, 6.45) is -2.49. The molecule has 2 aromatic heterocycles. The van der Waals surface area contributed by atoms with Crippen LogP contribution in [0.15, 0.2) is 17.7 Å². The summed E-state index contributed by atoms with van der Waals surface area (Å²) in [5.41, 5.74) is 3.59. The maximum Gasteiger partial charge on any atom is 0.490 e. The summed E-state index contributed by atoms with van der Waals surface area (Å²) in [4.78, 5) is 53.5. The number of fused-ring (bicyclic) bond motifs is 1. The van der Waals surface area contributed by atoms with E-state index in [4.69, 9.17) is 20.3 Å². The second-order valence-corrected chi connectivity index (χ2v) is 11.5. The van der Waals surface area contributed by atoms with Crippen molar-refractivity contribution in [3.05, 3.63) is 17.4 Å². The number of aliphatic hydroxyl groups is 2. The van der Waals surface area contributed by atoms with Crippen LogP contribution in [0.1, 0.15) is 13.2 Å². The lowest BCUT2D eigenvalue weighted by atomic mass is 9.96. The van der Waals surface area contributed by atoms with Gasteiger partial charge in [-0.15, -0.1) is 4.91 Å². The van der Waals surface area contributed by atoms with Crippen LogP contribution >= 0.6 is 23.5 Å². The SMILES string of the molecule is CC1(O)C(O)C(COP(=O)(O)OP(=O)(O)OP(=O)(O)O)OC1n1cc(N=O)c2c(N)nc[nH+]c21. The molecular weight excluding hydrogens is 531 g/mol. The molecule has 1 fully saturated rings. The monoisotopic (exact) mass is 550 g/mol. The van der Waals surface area contributed by atoms with E-state index in [0.717, 1.165) is 17.7 Å². The van der Waals surface area contributed by atoms with Gasteiger partial charge in [-0.05, 0) is 12.1 Å². The molecule has 6 unspecified atom stereocenters. The Morgan fingerprint density at radius 1 is 1.26 bits per heavy atom. The Morgan fingerprint density at radius 3 is 2.50 bits per heavy atom. The van der Waals surface area contributed by atoms with Crippen LogP contribution in [0.4, 0.5) is 11.5 Å². The van der Waals surface area contributed by atoms with Crippen LogP contribution in [0.25, 0.3) is 11.0 Å². The summed E-state index contributed by atoms with van der Waals surface area (Å²) in [7, 11) is -16.8. The average molecular weight is 550 g/mol. The number of ether oxygens (including phenoxy) is 1. The number of nitrogens with zero attached hydrogens (tertiary/aromatic N) is 3. The third-order valence-electron chi connectivity index (χ3n) is 4.60. The molecular formula is C12H19N5O14P3+. The lowest BCUT2D eigenvalue weighted by Gasteiger charge is -2.25. The molecule has 0 radical (unpaired) electrons. The summed E-state index contributed by atoms with van der Waals surface area (Å²) < 4.78 is 52.3. The topological polar surface area (TPSA) is 297 Å². The molecule has 1 saturated heterocycles. The van der Waals surface area contributed by atoms with E-state index in [0.29, 0.717) is 0 Å². The number of phosphoric acid groups is 3. The Kier molecular flexibility index (Phi) is 7.18. The molecule has 0 aromatic carbocycles. The number of anilines is 1. The van der Waals surface area contributed by atoms with E-state index in [-0.39, 0.29) is 22.5 Å². The van der Waals surface area contributed by atoms with Crippen molar-refractivity contribution in [2.75, 3.05) is 12.3 Å². The fraction of sp³-hybridized carbons (Fsp3) is 0.500. The Balaban J connectivity index is 1.81. The molecule has 19 nitrogen and oxygen atoms in total. The van der Waals surface area contributed by atoms with E-state index in [2.05, 4.69) is 28.3 Å². The molecule has 2 aromatic rings. The van der Waals surface area contributed by atoms with Gasteiger partial charge in [-0.2, -0.15) is 8.62 Å². The number of H-pyrrole nitrogens is 1. The number of phosphoric ester groups is 1. The molecule has 0 amide bonds. The Labute approximate surface area is 188 Å². The predicted molar refractivity (Wildman–Crippen MR) is 107 cm³/mol. The summed E-state index contributed by atoms with van der Waals surface area (Å²) in [6.45, 7) is 0.112. The van der Waals surface area contributed by atoms with Crippen molar-refractivity contribution in [2.45, 2.75) is 31.0 Å². The molecule has 3 heterocycles. The van der Waals surface area contributed by atoms with Gasteiger partial charge in [-0.25, -0.2) is 23.2 Å². The standard InChI is InChI=1S/C12H18N5O14P3/c1-12(19)8(18)6(3-28-33(24,25)31-34(26,27)30-32(21,22)23)29-11(12)17-2-5(16-20)7-9(13)14-4-15-10(7)17/h2,4,6,8,11,18-19H,3H2,1H3,(H,24,25)(H,26,27)(H2,13,14,15)(H2,21,22,23)/p+1. The smallest absolute Gasteiger partial charge is 0.387 e. The number of aromatic amines is 1. The van der Waals surface area contributed by atoms with Crippen LogP contribution in [0.2, 0.25) is 0 Å². The second kappa shape index (κ2) is 9.07. The van der Waals surface area contributed by atoms with Gasteiger partial charge in [-0.1, -0.05) is 4.98 Å². The highest BCUT2D eigenvalue weighted by molar-refractivity contribution is 7.66. The van der Waals surface area contributed by atoms with E-state index in [1.807, 2.05) is 0 Å². The van der Waals surface area contributed by atoms with Gasteiger partial charge in [0.15, 0.2) is 5.69 Å². The number of rotatable bonds is 9. The Bertz CT molecular complexity index is 1240. The normalized spacial score (nSPS) is 29.1. The highest BCUT2D eigenvalue weighted by Gasteiger charge is 2.56. The van der Waals surface area contributed by atoms with Gasteiger partial charge in [0.1, 0.15) is 23.2 Å². The predicted octanol–water partition coefficient (Wildman–Crippen LogP) is -0.817. The van der Waals surface area contributed by atoms with Crippen molar-refractivity contribution in [1.29, 1.82) is 0 Å². The zero-order chi connectivity index (χ0) is 25.7. The third kappa shape index (κ3) is 5.58. The number of nitrogens with one attached hydrogen (secondary N) is 1. The Hall–Kier alpha value is -1.69. The average Bonchev–Trinajstić information content (AvgIpc) is 3.14. The van der Waals surface area contributed by atoms with Crippen LogP contribution in [0.3, 0.4) is 0 Å². The summed E-state index contributed by atoms with van der Waals surface area (Å²) >= 11 is 0. The zero-order valence-corrected chi connectivity index (χ0v) is 19.5. The lowest BCUT2D eigenvalue weighted by molar-refractivity contribution is -0.355. The molecule has 1 aliphatic heterocycles. The number of aromatic nitrogens is 3. The first kappa shape index (κ1) is 26.9. The third-order valence-corrected chi connectivity index (χ3v) is 8.40. The van der Waals surface area contributed by atoms with Crippen LogP contribution in [-0.2, 0) is 31.6 Å². The number of hydrogen-bond donors (Lipinski definition) is 7. The quantitative estimate of drug-likeness (QED) is 0.148. The maximum absolute atomic E-state index is 11.9. The molecule has 190 valence electrons. The van der Waals surface area contributed by atoms with Gasteiger partial charge in [0, 0.05) is 0 Å². The van der Waals surface area contributed by atoms with E-state index in [1.54, 1.807) is 0 Å². The molecule has 1 aliphatic rings. The van der Waals surface area contributed by atoms with Crippen molar-refractivity contribution in [3.8, 4) is 0 Å². The minimum absolute atomic E-state index is 0.0792. The Morgan fingerprint density at radius 2 is 1.91 bits per heavy atom. The lowest BCUT2D eigenvalue weighted by Crippen LogP contribution is -2.44. The van der Waals surface area contributed by atoms with Crippen LogP contribution in [0.5, 0.6) is 0 Å². The molecule has 0 bridgehead atoms. The molecule has 6 atom stereocenters. The van der Waals surface area contributed by atoms with Gasteiger partial charge in [0.05, 0.1) is 12.8 Å². The van der Waals surface area contributed by atoms with Gasteiger partial charge in [-0.3, -0.25) is 4.52 Å². The van der Waals surface area contributed by atoms with Gasteiger partial charge in [0.25, 0.3) is 0 Å². The van der Waals surface area contributed by atoms with E-state index in [1.165, 1.54) is 6.33 Å². The minimum Gasteiger partial charge on any atom is -0.387 e. The van der Waals surface area contributed by atoms with Crippen molar-refractivity contribution in [1.82, 2.24) is 9.55 Å². The number of nitroso groups, excluding NO2 is 1. The molecule has 0 saturated carbocycles. The van der Waals surface area contributed by atoms with E-state index >= 15 is 0 Å². The van der Waals surface area contributed by atoms with Crippen molar-refractivity contribution in [2.24, 2.45) is 5.18 Å². The minimum atomic E-state index is -5.75. The fourth-order valence-electron chi connectivity index (χ4n) is 3.24. The van der Waals surface area contributed by atoms with Crippen LogP contribution in [0, 0.1) is 4.91 Å². The molecule has 0 spiro atoms. The molecule has 34 heavy (non-hydrogen) atoms. The van der Waals surface area contributed by atoms with Crippen LogP contribution in [-0.4, -0.2) is 63.8 Å². The van der Waals surface area contributed by atoms with Crippen molar-refractivity contribution >= 4 is 46.0 Å². The second-order valence-electron chi connectivity index (χ2n) is 7.11. The van der Waals surface area contributed by atoms with Gasteiger partial charge >= 0.3 is 23.5 Å². The first-order valence-corrected chi connectivity index (χ1v) is 13.3. The number of nitrogens with two attached hydrogens (primary N) is 1. The number of aliphatic hydroxyl groups excluding tert-OH is 1. The zero-order valence-electron chi connectivity index (χ0n) is 16.8.